The molecule has 2 heteroatoms. The maximum atomic E-state index is 11.2. The van der Waals surface area contributed by atoms with Crippen LogP contribution in [0.1, 0.15) is 15.9 Å². The molecular formula is C10H5O2. The lowest BCUT2D eigenvalue weighted by Crippen LogP contribution is -2.15. The van der Waals surface area contributed by atoms with E-state index < -0.39 is 11.6 Å². The zero-order valence-corrected chi connectivity index (χ0v) is 6.20. The number of benzene rings is 1. The van der Waals surface area contributed by atoms with Crippen molar-refractivity contribution < 1.29 is 9.59 Å². The van der Waals surface area contributed by atoms with E-state index in [1.807, 2.05) is 0 Å². The molecule has 1 aliphatic rings. The highest BCUT2D eigenvalue weighted by atomic mass is 16.2. The van der Waals surface area contributed by atoms with Gasteiger partial charge in [0.25, 0.3) is 0 Å². The van der Waals surface area contributed by atoms with Gasteiger partial charge in [0.15, 0.2) is 0 Å². The van der Waals surface area contributed by atoms with Gasteiger partial charge in [-0.25, -0.2) is 0 Å². The SMILES string of the molecule is O=C1C=Cc2c[c]ccc2C1=O. The summed E-state index contributed by atoms with van der Waals surface area (Å²) < 4.78 is 0. The number of ketones is 2. The van der Waals surface area contributed by atoms with Crippen molar-refractivity contribution in [3.8, 4) is 0 Å². The lowest BCUT2D eigenvalue weighted by atomic mass is 9.96. The first-order valence-electron chi connectivity index (χ1n) is 3.56. The summed E-state index contributed by atoms with van der Waals surface area (Å²) in [5.41, 5.74) is 1.24. The van der Waals surface area contributed by atoms with Crippen molar-refractivity contribution >= 4 is 17.6 Å². The molecule has 0 bridgehead atoms. The Bertz CT molecular complexity index is 389. The van der Waals surface area contributed by atoms with Gasteiger partial charge in [-0.1, -0.05) is 12.1 Å². The molecule has 1 radical (unpaired) electrons. The molecule has 57 valence electrons. The summed E-state index contributed by atoms with van der Waals surface area (Å²) in [6.45, 7) is 0. The molecule has 0 unspecified atom stereocenters. The number of fused-ring (bicyclic) bond motifs is 1. The smallest absolute Gasteiger partial charge is 0.233 e. The van der Waals surface area contributed by atoms with Gasteiger partial charge >= 0.3 is 0 Å². The normalized spacial score (nSPS) is 14.7. The zero-order valence-electron chi connectivity index (χ0n) is 6.20. The average molecular weight is 157 g/mol. The first-order chi connectivity index (χ1) is 5.79. The van der Waals surface area contributed by atoms with Crippen molar-refractivity contribution in [3.05, 3.63) is 41.5 Å². The molecule has 0 N–H and O–H groups in total. The Hall–Kier alpha value is -1.70. The molecule has 0 spiro atoms. The van der Waals surface area contributed by atoms with Gasteiger partial charge in [-0.2, -0.15) is 0 Å². The second kappa shape index (κ2) is 2.41. The van der Waals surface area contributed by atoms with Gasteiger partial charge < -0.3 is 0 Å². The first-order valence-corrected chi connectivity index (χ1v) is 3.56. The van der Waals surface area contributed by atoms with Gasteiger partial charge in [0, 0.05) is 5.56 Å². The number of rotatable bonds is 0. The quantitative estimate of drug-likeness (QED) is 0.531. The lowest BCUT2D eigenvalue weighted by Gasteiger charge is -2.05. The van der Waals surface area contributed by atoms with Crippen molar-refractivity contribution in [2.45, 2.75) is 0 Å². The summed E-state index contributed by atoms with van der Waals surface area (Å²) in [7, 11) is 0. The molecule has 0 fully saturated rings. The molecule has 12 heavy (non-hydrogen) atoms. The van der Waals surface area contributed by atoms with Crippen LogP contribution in [0.3, 0.4) is 0 Å². The van der Waals surface area contributed by atoms with Crippen LogP contribution in [0.25, 0.3) is 6.08 Å². The number of hydrogen-bond donors (Lipinski definition) is 0. The number of hydrogen-bond acceptors (Lipinski definition) is 2. The lowest BCUT2D eigenvalue weighted by molar-refractivity contribution is -0.110. The molecule has 0 amide bonds. The fourth-order valence-electron chi connectivity index (χ4n) is 1.16. The summed E-state index contributed by atoms with van der Waals surface area (Å²) in [5, 5.41) is 0. The van der Waals surface area contributed by atoms with Gasteiger partial charge in [0.05, 0.1) is 0 Å². The van der Waals surface area contributed by atoms with Crippen LogP contribution in [0, 0.1) is 6.07 Å². The summed E-state index contributed by atoms with van der Waals surface area (Å²) in [6, 6.07) is 7.77. The van der Waals surface area contributed by atoms with Crippen LogP contribution >= 0.6 is 0 Å². The molecule has 1 aliphatic carbocycles. The average Bonchev–Trinajstić information content (AvgIpc) is 2.12. The summed E-state index contributed by atoms with van der Waals surface area (Å²) in [4.78, 5) is 22.1. The number of carbonyl (C=O) groups is 2. The molecule has 2 nitrogen and oxygen atoms in total. The molecule has 0 aromatic heterocycles. The first kappa shape index (κ1) is 6.98. The van der Waals surface area contributed by atoms with E-state index in [2.05, 4.69) is 6.07 Å². The predicted molar refractivity (Wildman–Crippen MR) is 43.6 cm³/mol. The molecule has 0 aliphatic heterocycles. The van der Waals surface area contributed by atoms with Crippen LogP contribution in [0.15, 0.2) is 24.3 Å². The van der Waals surface area contributed by atoms with Gasteiger partial charge in [-0.15, -0.1) is 0 Å². The molecule has 0 saturated carbocycles. The van der Waals surface area contributed by atoms with Crippen molar-refractivity contribution in [1.29, 1.82) is 0 Å². The van der Waals surface area contributed by atoms with Crippen molar-refractivity contribution in [1.82, 2.24) is 0 Å². The Labute approximate surface area is 69.5 Å². The monoisotopic (exact) mass is 157 g/mol. The number of carbonyl (C=O) groups excluding carboxylic acids is 2. The number of Topliss-reactive ketones (excluding diaryl/α,β-unsaturated/α-hetero) is 1. The Morgan fingerprint density at radius 3 is 2.83 bits per heavy atom. The van der Waals surface area contributed by atoms with Crippen LogP contribution in [0.4, 0.5) is 0 Å². The predicted octanol–water partition coefficient (Wildman–Crippen LogP) is 1.27. The van der Waals surface area contributed by atoms with Gasteiger partial charge in [-0.05, 0) is 29.8 Å². The van der Waals surface area contributed by atoms with Gasteiger partial charge in [-0.3, -0.25) is 9.59 Å². The second-order valence-electron chi connectivity index (χ2n) is 2.54. The number of allylic oxidation sites excluding steroid dienone is 1. The molecule has 2 rings (SSSR count). The van der Waals surface area contributed by atoms with E-state index in [0.29, 0.717) is 5.56 Å². The van der Waals surface area contributed by atoms with Crippen molar-refractivity contribution in [2.75, 3.05) is 0 Å². The Morgan fingerprint density at radius 2 is 2.00 bits per heavy atom. The highest BCUT2D eigenvalue weighted by molar-refractivity contribution is 6.49. The largest absolute Gasteiger partial charge is 0.286 e. The van der Waals surface area contributed by atoms with Crippen molar-refractivity contribution in [3.63, 3.8) is 0 Å². The summed E-state index contributed by atoms with van der Waals surface area (Å²) in [5.74, 6) is -0.879. The van der Waals surface area contributed by atoms with E-state index >= 15 is 0 Å². The minimum absolute atomic E-state index is 0.429. The highest BCUT2D eigenvalue weighted by Gasteiger charge is 2.19. The molecule has 1 aromatic carbocycles. The molecule has 0 atom stereocenters. The van der Waals surface area contributed by atoms with E-state index in [9.17, 15) is 9.59 Å². The van der Waals surface area contributed by atoms with E-state index in [0.717, 1.165) is 5.56 Å². The maximum Gasteiger partial charge on any atom is 0.233 e. The van der Waals surface area contributed by atoms with Crippen LogP contribution in [0.2, 0.25) is 0 Å². The second-order valence-corrected chi connectivity index (χ2v) is 2.54. The van der Waals surface area contributed by atoms with E-state index in [1.54, 1.807) is 24.3 Å². The minimum Gasteiger partial charge on any atom is -0.286 e. The third-order valence-electron chi connectivity index (χ3n) is 1.78. The van der Waals surface area contributed by atoms with E-state index in [-0.39, 0.29) is 0 Å². The van der Waals surface area contributed by atoms with Crippen LogP contribution in [0.5, 0.6) is 0 Å². The van der Waals surface area contributed by atoms with Crippen LogP contribution in [-0.4, -0.2) is 11.6 Å². The zero-order chi connectivity index (χ0) is 8.55. The highest BCUT2D eigenvalue weighted by Crippen LogP contribution is 2.15. The summed E-state index contributed by atoms with van der Waals surface area (Å²) >= 11 is 0. The van der Waals surface area contributed by atoms with Crippen LogP contribution in [-0.2, 0) is 4.79 Å². The Morgan fingerprint density at radius 1 is 1.17 bits per heavy atom. The molecular weight excluding hydrogens is 152 g/mol. The van der Waals surface area contributed by atoms with E-state index in [4.69, 9.17) is 0 Å². The third kappa shape index (κ3) is 0.889. The summed E-state index contributed by atoms with van der Waals surface area (Å²) in [6.07, 6.45) is 2.92. The maximum absolute atomic E-state index is 11.2. The van der Waals surface area contributed by atoms with Crippen molar-refractivity contribution in [2.24, 2.45) is 0 Å². The standard InChI is InChI=1S/C10H5O2/c11-9-6-5-7-3-1-2-4-8(7)10(9)12/h2-6H. The van der Waals surface area contributed by atoms with Crippen LogP contribution < -0.4 is 0 Å². The fraction of sp³-hybridized carbons (Fsp3) is 0. The molecule has 1 aromatic rings. The van der Waals surface area contributed by atoms with Gasteiger partial charge in [0.1, 0.15) is 0 Å². The molecule has 0 heterocycles. The Kier molecular flexibility index (Phi) is 1.40. The molecule has 0 saturated heterocycles. The van der Waals surface area contributed by atoms with Gasteiger partial charge in [0.2, 0.25) is 11.6 Å². The van der Waals surface area contributed by atoms with E-state index in [1.165, 1.54) is 6.08 Å². The third-order valence-corrected chi connectivity index (χ3v) is 1.78. The topological polar surface area (TPSA) is 34.1 Å². The fourth-order valence-corrected chi connectivity index (χ4v) is 1.16. The minimum atomic E-state index is -0.450. The Balaban J connectivity index is 2.67.